The maximum absolute atomic E-state index is 11.5. The molecule has 30 heavy (non-hydrogen) atoms. The van der Waals surface area contributed by atoms with Gasteiger partial charge in [0.15, 0.2) is 0 Å². The van der Waals surface area contributed by atoms with E-state index in [1.165, 1.54) is 7.05 Å². The van der Waals surface area contributed by atoms with Gasteiger partial charge in [0, 0.05) is 41.8 Å². The monoisotopic (exact) mass is 455 g/mol. The molecule has 0 aromatic heterocycles. The quantitative estimate of drug-likeness (QED) is 0.113. The summed E-state index contributed by atoms with van der Waals surface area (Å²) in [5.74, 6) is -0.245. The number of carbonyl (C=O) groups excluding carboxylic acids is 3. The van der Waals surface area contributed by atoms with Crippen molar-refractivity contribution in [3.05, 3.63) is 0 Å². The Morgan fingerprint density at radius 2 is 1.17 bits per heavy atom. The first-order chi connectivity index (χ1) is 14.7. The van der Waals surface area contributed by atoms with Crippen LogP contribution in [0.5, 0.6) is 0 Å². The van der Waals surface area contributed by atoms with E-state index in [0.717, 1.165) is 0 Å². The Kier molecular flexibility index (Phi) is 28.7. The molecule has 0 saturated heterocycles. The molecule has 0 aliphatic heterocycles. The van der Waals surface area contributed by atoms with Crippen LogP contribution in [0.3, 0.4) is 0 Å². The molecular formula is C18H38N3O8P. The van der Waals surface area contributed by atoms with Crippen LogP contribution in [-0.4, -0.2) is 97.7 Å². The van der Waals surface area contributed by atoms with Gasteiger partial charge in [-0.2, -0.15) is 0 Å². The standard InChI is InChI=1S/C17H33N2O8P.CH5N/c20-6-1-2-16(21)18-4-8-24-11-13-26-12-10-23-7-3-17(22)19-5-9-25-14-15-27-28;1-2/h6H,1-5,7-15,28H2,(H,18,21)(H,19,22);2H2,1H3. The highest BCUT2D eigenvalue weighted by Crippen LogP contribution is 1.87. The van der Waals surface area contributed by atoms with Crippen molar-refractivity contribution in [2.45, 2.75) is 19.3 Å². The second kappa shape index (κ2) is 27.8. The summed E-state index contributed by atoms with van der Waals surface area (Å²) >= 11 is 0. The number of aldehydes is 1. The van der Waals surface area contributed by atoms with Crippen molar-refractivity contribution in [3.8, 4) is 0 Å². The molecule has 0 aliphatic carbocycles. The van der Waals surface area contributed by atoms with Crippen molar-refractivity contribution in [2.24, 2.45) is 5.73 Å². The first-order valence-electron chi connectivity index (χ1n) is 9.88. The number of nitrogens with two attached hydrogens (primary N) is 1. The summed E-state index contributed by atoms with van der Waals surface area (Å²) in [6.07, 6.45) is 1.44. The van der Waals surface area contributed by atoms with E-state index in [1.807, 2.05) is 0 Å². The fraction of sp³-hybridized carbons (Fsp3) is 0.833. The SMILES string of the molecule is CN.O=CCCC(=O)NCCOCCOCCOCCC(=O)NCCOCCOP. The molecule has 11 nitrogen and oxygen atoms in total. The van der Waals surface area contributed by atoms with Gasteiger partial charge in [0.25, 0.3) is 0 Å². The van der Waals surface area contributed by atoms with Crippen LogP contribution in [0.4, 0.5) is 0 Å². The number of rotatable bonds is 21. The highest BCUT2D eigenvalue weighted by molar-refractivity contribution is 7.09. The summed E-state index contributed by atoms with van der Waals surface area (Å²) in [5, 5.41) is 5.38. The maximum Gasteiger partial charge on any atom is 0.222 e. The molecular weight excluding hydrogens is 417 g/mol. The van der Waals surface area contributed by atoms with Crippen LogP contribution in [0.25, 0.3) is 0 Å². The molecule has 0 rings (SSSR count). The molecule has 178 valence electrons. The van der Waals surface area contributed by atoms with E-state index in [-0.39, 0.29) is 31.1 Å². The van der Waals surface area contributed by atoms with Crippen LogP contribution < -0.4 is 16.4 Å². The highest BCUT2D eigenvalue weighted by Gasteiger charge is 2.01. The topological polar surface area (TPSA) is 147 Å². The van der Waals surface area contributed by atoms with E-state index in [2.05, 4.69) is 25.8 Å². The molecule has 0 aliphatic rings. The van der Waals surface area contributed by atoms with E-state index in [0.29, 0.717) is 78.8 Å². The molecule has 1 unspecified atom stereocenters. The second-order valence-electron chi connectivity index (χ2n) is 5.48. The zero-order valence-electron chi connectivity index (χ0n) is 17.9. The normalized spacial score (nSPS) is 10.1. The largest absolute Gasteiger partial charge is 0.379 e. The fourth-order valence-electron chi connectivity index (χ4n) is 1.81. The van der Waals surface area contributed by atoms with Crippen LogP contribution in [-0.2, 0) is 37.9 Å². The summed E-state index contributed by atoms with van der Waals surface area (Å²) in [5.41, 5.74) is 4.50. The minimum atomic E-state index is -0.160. The first kappa shape index (κ1) is 31.0. The average Bonchev–Trinajstić information content (AvgIpc) is 2.76. The molecule has 0 radical (unpaired) electrons. The second-order valence-corrected chi connectivity index (χ2v) is 5.81. The van der Waals surface area contributed by atoms with Crippen molar-refractivity contribution < 1.29 is 37.9 Å². The van der Waals surface area contributed by atoms with E-state index in [1.54, 1.807) is 0 Å². The number of amides is 2. The van der Waals surface area contributed by atoms with Gasteiger partial charge in [-0.05, 0) is 7.05 Å². The van der Waals surface area contributed by atoms with Gasteiger partial charge >= 0.3 is 0 Å². The lowest BCUT2D eigenvalue weighted by molar-refractivity contribution is -0.123. The van der Waals surface area contributed by atoms with Crippen molar-refractivity contribution in [1.29, 1.82) is 0 Å². The number of ether oxygens (including phenoxy) is 4. The lowest BCUT2D eigenvalue weighted by atomic mass is 10.3. The molecule has 1 atom stereocenters. The van der Waals surface area contributed by atoms with Gasteiger partial charge in [0.1, 0.15) is 6.29 Å². The van der Waals surface area contributed by atoms with Gasteiger partial charge in [0.05, 0.1) is 59.5 Å². The summed E-state index contributed by atoms with van der Waals surface area (Å²) in [4.78, 5) is 32.8. The minimum Gasteiger partial charge on any atom is -0.379 e. The average molecular weight is 455 g/mol. The van der Waals surface area contributed by atoms with Gasteiger partial charge in [0.2, 0.25) is 11.8 Å². The zero-order valence-corrected chi connectivity index (χ0v) is 19.1. The zero-order chi connectivity index (χ0) is 22.7. The van der Waals surface area contributed by atoms with Gasteiger partial charge in [-0.25, -0.2) is 0 Å². The van der Waals surface area contributed by atoms with Crippen LogP contribution in [0.15, 0.2) is 0 Å². The molecule has 0 fully saturated rings. The third-order valence-corrected chi connectivity index (χ3v) is 3.43. The third kappa shape index (κ3) is 26.8. The van der Waals surface area contributed by atoms with E-state index in [9.17, 15) is 14.4 Å². The Morgan fingerprint density at radius 3 is 1.67 bits per heavy atom. The number of nitrogens with one attached hydrogen (secondary N) is 2. The summed E-state index contributed by atoms with van der Waals surface area (Å²) in [7, 11) is 3.65. The number of carbonyl (C=O) groups is 3. The molecule has 4 N–H and O–H groups in total. The number of hydrogen-bond donors (Lipinski definition) is 3. The van der Waals surface area contributed by atoms with Crippen molar-refractivity contribution in [1.82, 2.24) is 10.6 Å². The van der Waals surface area contributed by atoms with Crippen molar-refractivity contribution >= 4 is 27.6 Å². The molecule has 12 heteroatoms. The van der Waals surface area contributed by atoms with Crippen molar-refractivity contribution in [2.75, 3.05) is 79.6 Å². The lowest BCUT2D eigenvalue weighted by Gasteiger charge is -2.08. The van der Waals surface area contributed by atoms with Gasteiger partial charge in [-0.3, -0.25) is 9.59 Å². The van der Waals surface area contributed by atoms with Gasteiger partial charge in [-0.15, -0.1) is 0 Å². The summed E-state index contributed by atoms with van der Waals surface area (Å²) in [6.45, 7) is 4.68. The summed E-state index contributed by atoms with van der Waals surface area (Å²) < 4.78 is 25.9. The highest BCUT2D eigenvalue weighted by atomic mass is 31.0. The molecule has 0 spiro atoms. The molecule has 0 aromatic rings. The minimum absolute atomic E-state index is 0.0848. The molecule has 0 saturated carbocycles. The van der Waals surface area contributed by atoms with Crippen LogP contribution >= 0.6 is 9.47 Å². The van der Waals surface area contributed by atoms with Crippen LogP contribution in [0, 0.1) is 0 Å². The van der Waals surface area contributed by atoms with Crippen molar-refractivity contribution in [3.63, 3.8) is 0 Å². The third-order valence-electron chi connectivity index (χ3n) is 3.19. The van der Waals surface area contributed by atoms with E-state index >= 15 is 0 Å². The number of hydrogen-bond acceptors (Lipinski definition) is 9. The predicted molar refractivity (Wildman–Crippen MR) is 115 cm³/mol. The molecule has 0 bridgehead atoms. The predicted octanol–water partition coefficient (Wildman–Crippen LogP) is -0.964. The smallest absolute Gasteiger partial charge is 0.222 e. The molecule has 0 heterocycles. The Hall–Kier alpha value is -1.20. The fourth-order valence-corrected chi connectivity index (χ4v) is 1.90. The maximum atomic E-state index is 11.5. The van der Waals surface area contributed by atoms with E-state index in [4.69, 9.17) is 23.5 Å². The van der Waals surface area contributed by atoms with E-state index < -0.39 is 0 Å². The van der Waals surface area contributed by atoms with Gasteiger partial charge in [-0.1, -0.05) is 0 Å². The Balaban J connectivity index is 0. The lowest BCUT2D eigenvalue weighted by Crippen LogP contribution is -2.28. The molecule has 0 aromatic carbocycles. The Labute approximate surface area is 181 Å². The molecule has 2 amide bonds. The Bertz CT molecular complexity index is 406. The Morgan fingerprint density at radius 1 is 0.733 bits per heavy atom. The first-order valence-corrected chi connectivity index (χ1v) is 10.3. The summed E-state index contributed by atoms with van der Waals surface area (Å²) in [6, 6.07) is 0. The van der Waals surface area contributed by atoms with Crippen LogP contribution in [0.2, 0.25) is 0 Å². The van der Waals surface area contributed by atoms with Crippen LogP contribution in [0.1, 0.15) is 19.3 Å². The van der Waals surface area contributed by atoms with Gasteiger partial charge < -0.3 is 44.6 Å².